The van der Waals surface area contributed by atoms with Crippen molar-refractivity contribution >= 4 is 27.3 Å². The van der Waals surface area contributed by atoms with Gasteiger partial charge in [0.15, 0.2) is 0 Å². The molecule has 5 heteroatoms. The van der Waals surface area contributed by atoms with Gasteiger partial charge in [0.05, 0.1) is 4.47 Å². The van der Waals surface area contributed by atoms with Crippen LogP contribution in [0.2, 0.25) is 0 Å². The number of ether oxygens (including phenoxy) is 1. The van der Waals surface area contributed by atoms with Gasteiger partial charge >= 0.3 is 0 Å². The molecule has 21 heavy (non-hydrogen) atoms. The van der Waals surface area contributed by atoms with E-state index in [1.165, 1.54) is 21.9 Å². The van der Waals surface area contributed by atoms with Crippen LogP contribution in [0.1, 0.15) is 29.2 Å². The Balaban J connectivity index is 2.01. The van der Waals surface area contributed by atoms with E-state index in [0.29, 0.717) is 18.4 Å². The van der Waals surface area contributed by atoms with Crippen molar-refractivity contribution in [1.82, 2.24) is 5.32 Å². The van der Waals surface area contributed by atoms with Crippen molar-refractivity contribution in [1.29, 1.82) is 0 Å². The Hall–Kier alpha value is -0.910. The van der Waals surface area contributed by atoms with Gasteiger partial charge in [0.25, 0.3) is 0 Å². The first-order valence-electron chi connectivity index (χ1n) is 6.85. The first-order chi connectivity index (χ1) is 9.95. The van der Waals surface area contributed by atoms with Crippen LogP contribution >= 0.6 is 27.3 Å². The lowest BCUT2D eigenvalue weighted by Gasteiger charge is -2.08. The van der Waals surface area contributed by atoms with Crippen LogP contribution in [0, 0.1) is 12.7 Å². The Morgan fingerprint density at radius 3 is 2.81 bits per heavy atom. The number of halogens is 2. The van der Waals surface area contributed by atoms with Crippen LogP contribution in [0.15, 0.2) is 28.7 Å². The first-order valence-corrected chi connectivity index (χ1v) is 8.46. The summed E-state index contributed by atoms with van der Waals surface area (Å²) < 4.78 is 19.7. The zero-order valence-electron chi connectivity index (χ0n) is 12.4. The molecule has 2 rings (SSSR count). The summed E-state index contributed by atoms with van der Waals surface area (Å²) in [5, 5.41) is 3.41. The minimum Gasteiger partial charge on any atom is -0.488 e. The summed E-state index contributed by atoms with van der Waals surface area (Å²) in [6, 6.07) is 7.08. The van der Waals surface area contributed by atoms with Gasteiger partial charge in [0, 0.05) is 34.0 Å². The van der Waals surface area contributed by atoms with Gasteiger partial charge in [0.2, 0.25) is 0 Å². The maximum absolute atomic E-state index is 13.2. The number of aryl methyl sites for hydroxylation is 1. The van der Waals surface area contributed by atoms with E-state index < -0.39 is 0 Å². The average molecular weight is 372 g/mol. The molecule has 0 bridgehead atoms. The van der Waals surface area contributed by atoms with Crippen molar-refractivity contribution in [3.05, 3.63) is 49.9 Å². The van der Waals surface area contributed by atoms with Crippen LogP contribution in [0.3, 0.4) is 0 Å². The lowest BCUT2D eigenvalue weighted by Crippen LogP contribution is -2.21. The van der Waals surface area contributed by atoms with Crippen molar-refractivity contribution in [2.45, 2.75) is 40.0 Å². The maximum Gasteiger partial charge on any atom is 0.136 e. The van der Waals surface area contributed by atoms with Crippen molar-refractivity contribution < 1.29 is 9.13 Å². The van der Waals surface area contributed by atoms with E-state index in [9.17, 15) is 4.39 Å². The van der Waals surface area contributed by atoms with Gasteiger partial charge in [-0.3, -0.25) is 0 Å². The second-order valence-corrected chi connectivity index (χ2v) is 7.39. The van der Waals surface area contributed by atoms with Crippen molar-refractivity contribution in [3.63, 3.8) is 0 Å². The Morgan fingerprint density at radius 1 is 1.33 bits per heavy atom. The highest BCUT2D eigenvalue weighted by atomic mass is 79.9. The smallest absolute Gasteiger partial charge is 0.136 e. The minimum absolute atomic E-state index is 0.294. The van der Waals surface area contributed by atoms with Gasteiger partial charge < -0.3 is 10.1 Å². The largest absolute Gasteiger partial charge is 0.488 e. The molecule has 114 valence electrons. The Labute approximate surface area is 137 Å². The quantitative estimate of drug-likeness (QED) is 0.768. The third-order valence-corrected chi connectivity index (χ3v) is 4.78. The highest BCUT2D eigenvalue weighted by molar-refractivity contribution is 9.10. The molecule has 0 aliphatic rings. The molecular weight excluding hydrogens is 353 g/mol. The van der Waals surface area contributed by atoms with Gasteiger partial charge in [-0.1, -0.05) is 13.8 Å². The van der Waals surface area contributed by atoms with Crippen molar-refractivity contribution in [2.24, 2.45) is 0 Å². The van der Waals surface area contributed by atoms with E-state index in [4.69, 9.17) is 4.74 Å². The van der Waals surface area contributed by atoms with Crippen LogP contribution in [0.4, 0.5) is 4.39 Å². The number of rotatable bonds is 6. The van der Waals surface area contributed by atoms with Gasteiger partial charge in [-0.05, 0) is 41.1 Å². The Bertz CT molecular complexity index is 612. The molecule has 0 aliphatic carbocycles. The van der Waals surface area contributed by atoms with E-state index in [1.807, 2.05) is 0 Å². The molecule has 1 heterocycles. The molecule has 0 amide bonds. The molecular formula is C16H19BrFNOS. The van der Waals surface area contributed by atoms with E-state index >= 15 is 0 Å². The molecule has 2 aromatic rings. The summed E-state index contributed by atoms with van der Waals surface area (Å²) in [6.45, 7) is 7.67. The van der Waals surface area contributed by atoms with Gasteiger partial charge in [-0.15, -0.1) is 11.3 Å². The predicted molar refractivity (Wildman–Crippen MR) is 89.5 cm³/mol. The summed E-state index contributed by atoms with van der Waals surface area (Å²) in [6.07, 6.45) is 0. The fourth-order valence-electron chi connectivity index (χ4n) is 1.87. The van der Waals surface area contributed by atoms with Gasteiger partial charge in [-0.25, -0.2) is 4.39 Å². The average Bonchev–Trinajstić information content (AvgIpc) is 2.78. The summed E-state index contributed by atoms with van der Waals surface area (Å²) in [7, 11) is 0. The molecule has 0 saturated heterocycles. The topological polar surface area (TPSA) is 21.3 Å². The van der Waals surface area contributed by atoms with Crippen molar-refractivity contribution in [3.8, 4) is 5.75 Å². The number of nitrogens with one attached hydrogen (secondary N) is 1. The number of thiophene rings is 1. The normalized spacial score (nSPS) is 11.1. The summed E-state index contributed by atoms with van der Waals surface area (Å²) in [5.74, 6) is 0.236. The third-order valence-electron chi connectivity index (χ3n) is 3.03. The first kappa shape index (κ1) is 16.5. The van der Waals surface area contributed by atoms with Gasteiger partial charge in [-0.2, -0.15) is 0 Å². The highest BCUT2D eigenvalue weighted by Gasteiger charge is 2.09. The SMILES string of the molecule is Cc1sc(CNC(C)C)cc1COc1cc(F)ccc1Br. The van der Waals surface area contributed by atoms with Gasteiger partial charge in [0.1, 0.15) is 18.2 Å². The van der Waals surface area contributed by atoms with E-state index in [1.54, 1.807) is 17.4 Å². The van der Waals surface area contributed by atoms with E-state index in [-0.39, 0.29) is 5.82 Å². The Morgan fingerprint density at radius 2 is 2.10 bits per heavy atom. The lowest BCUT2D eigenvalue weighted by atomic mass is 10.2. The van der Waals surface area contributed by atoms with Crippen LogP contribution in [-0.4, -0.2) is 6.04 Å². The molecule has 1 aromatic carbocycles. The summed E-state index contributed by atoms with van der Waals surface area (Å²) >= 11 is 5.14. The van der Waals surface area contributed by atoms with Crippen LogP contribution < -0.4 is 10.1 Å². The molecule has 0 saturated carbocycles. The molecule has 2 nitrogen and oxygen atoms in total. The third kappa shape index (κ3) is 4.80. The lowest BCUT2D eigenvalue weighted by molar-refractivity contribution is 0.302. The zero-order valence-corrected chi connectivity index (χ0v) is 14.8. The highest BCUT2D eigenvalue weighted by Crippen LogP contribution is 2.28. The van der Waals surface area contributed by atoms with E-state index in [2.05, 4.69) is 48.1 Å². The summed E-state index contributed by atoms with van der Waals surface area (Å²) in [5.41, 5.74) is 1.15. The minimum atomic E-state index is -0.294. The monoisotopic (exact) mass is 371 g/mol. The van der Waals surface area contributed by atoms with Crippen LogP contribution in [-0.2, 0) is 13.2 Å². The number of benzene rings is 1. The molecule has 1 N–H and O–H groups in total. The fraction of sp³-hybridized carbons (Fsp3) is 0.375. The second kappa shape index (κ2) is 7.38. The second-order valence-electron chi connectivity index (χ2n) is 5.19. The number of hydrogen-bond donors (Lipinski definition) is 1. The predicted octanol–water partition coefficient (Wildman–Crippen LogP) is 5.04. The summed E-state index contributed by atoms with van der Waals surface area (Å²) in [4.78, 5) is 2.53. The van der Waals surface area contributed by atoms with Crippen molar-refractivity contribution in [2.75, 3.05) is 0 Å². The molecule has 1 aromatic heterocycles. The van der Waals surface area contributed by atoms with E-state index in [0.717, 1.165) is 16.6 Å². The van der Waals surface area contributed by atoms with Crippen LogP contribution in [0.25, 0.3) is 0 Å². The standard InChI is InChI=1S/C16H19BrFNOS/c1-10(2)19-8-14-6-12(11(3)21-14)9-20-16-7-13(18)4-5-15(16)17/h4-7,10,19H,8-9H2,1-3H3. The molecule has 0 spiro atoms. The molecule has 0 radical (unpaired) electrons. The zero-order chi connectivity index (χ0) is 15.4. The fourth-order valence-corrected chi connectivity index (χ4v) is 3.23. The molecule has 0 fully saturated rings. The molecule has 0 aliphatic heterocycles. The molecule has 0 atom stereocenters. The molecule has 0 unspecified atom stereocenters. The maximum atomic E-state index is 13.2. The Kier molecular flexibility index (Phi) is 5.79. The van der Waals surface area contributed by atoms with Crippen LogP contribution in [0.5, 0.6) is 5.75 Å². The number of hydrogen-bond acceptors (Lipinski definition) is 3.